The number of hydrogen-bond donors (Lipinski definition) is 1. The number of likely N-dealkylation sites (tertiary alicyclic amines) is 1. The van der Waals surface area contributed by atoms with Crippen molar-refractivity contribution < 1.29 is 14.7 Å². The number of carboxylic acids is 1. The molecule has 0 spiro atoms. The third-order valence-electron chi connectivity index (χ3n) is 3.33. The van der Waals surface area contributed by atoms with Crippen LogP contribution >= 0.6 is 11.6 Å². The van der Waals surface area contributed by atoms with Crippen LogP contribution in [0.5, 0.6) is 0 Å². The van der Waals surface area contributed by atoms with E-state index >= 15 is 0 Å². The number of benzene rings is 1. The second kappa shape index (κ2) is 4.98. The van der Waals surface area contributed by atoms with E-state index in [2.05, 4.69) is 0 Å². The van der Waals surface area contributed by atoms with Gasteiger partial charge in [-0.2, -0.15) is 0 Å². The van der Waals surface area contributed by atoms with Crippen molar-refractivity contribution in [3.63, 3.8) is 0 Å². The average molecular weight is 268 g/mol. The number of nitrogens with zero attached hydrogens (tertiary/aromatic N) is 1. The largest absolute Gasteiger partial charge is 0.481 e. The van der Waals surface area contributed by atoms with Gasteiger partial charge in [-0.15, -0.1) is 0 Å². The number of amides is 1. The molecule has 1 aromatic rings. The molecule has 1 amide bonds. The smallest absolute Gasteiger partial charge is 0.308 e. The summed E-state index contributed by atoms with van der Waals surface area (Å²) in [6.07, 6.45) is 0.0905. The Morgan fingerprint density at radius 3 is 2.56 bits per heavy atom. The van der Waals surface area contributed by atoms with Gasteiger partial charge in [0, 0.05) is 18.0 Å². The third-order valence-corrected chi connectivity index (χ3v) is 3.58. The molecule has 96 valence electrons. The molecular formula is C13H14ClNO3. The molecule has 0 saturated carbocycles. The van der Waals surface area contributed by atoms with E-state index in [0.29, 0.717) is 5.02 Å². The van der Waals surface area contributed by atoms with E-state index < -0.39 is 11.9 Å². The maximum absolute atomic E-state index is 11.8. The van der Waals surface area contributed by atoms with Crippen molar-refractivity contribution in [2.75, 3.05) is 6.54 Å². The van der Waals surface area contributed by atoms with Crippen molar-refractivity contribution in [1.82, 2.24) is 4.90 Å². The summed E-state index contributed by atoms with van der Waals surface area (Å²) in [7, 11) is 0. The van der Waals surface area contributed by atoms with Gasteiger partial charge in [0.15, 0.2) is 0 Å². The minimum atomic E-state index is -0.908. The predicted molar refractivity (Wildman–Crippen MR) is 67.3 cm³/mol. The minimum absolute atomic E-state index is 0.0905. The van der Waals surface area contributed by atoms with Crippen LogP contribution in [0, 0.1) is 5.92 Å². The van der Waals surface area contributed by atoms with Gasteiger partial charge in [0.05, 0.1) is 12.0 Å². The lowest BCUT2D eigenvalue weighted by atomic mass is 10.1. The van der Waals surface area contributed by atoms with Gasteiger partial charge in [-0.05, 0) is 24.6 Å². The van der Waals surface area contributed by atoms with Gasteiger partial charge < -0.3 is 10.0 Å². The Kier molecular flexibility index (Phi) is 3.57. The zero-order valence-corrected chi connectivity index (χ0v) is 10.7. The third kappa shape index (κ3) is 2.48. The van der Waals surface area contributed by atoms with Gasteiger partial charge >= 0.3 is 5.97 Å². The van der Waals surface area contributed by atoms with Crippen molar-refractivity contribution in [3.8, 4) is 0 Å². The summed E-state index contributed by atoms with van der Waals surface area (Å²) in [4.78, 5) is 24.3. The SMILES string of the molecule is C[C@H](c1ccc(Cl)cc1)N1C[C@H](C(=O)O)CC1=O. The molecule has 18 heavy (non-hydrogen) atoms. The van der Waals surface area contributed by atoms with Gasteiger partial charge in [0.1, 0.15) is 0 Å². The molecule has 1 fully saturated rings. The number of carbonyl (C=O) groups is 2. The Bertz CT molecular complexity index is 472. The summed E-state index contributed by atoms with van der Waals surface area (Å²) in [5, 5.41) is 9.58. The first-order valence-electron chi connectivity index (χ1n) is 5.76. The summed E-state index contributed by atoms with van der Waals surface area (Å²) in [5.74, 6) is -1.61. The fourth-order valence-corrected chi connectivity index (χ4v) is 2.32. The molecule has 0 bridgehead atoms. The van der Waals surface area contributed by atoms with Crippen LogP contribution < -0.4 is 0 Å². The first-order valence-corrected chi connectivity index (χ1v) is 6.14. The van der Waals surface area contributed by atoms with Crippen molar-refractivity contribution in [1.29, 1.82) is 0 Å². The quantitative estimate of drug-likeness (QED) is 0.914. The van der Waals surface area contributed by atoms with E-state index in [1.54, 1.807) is 17.0 Å². The molecule has 4 nitrogen and oxygen atoms in total. The van der Waals surface area contributed by atoms with Crippen LogP contribution in [0.2, 0.25) is 5.02 Å². The molecule has 1 aromatic carbocycles. The van der Waals surface area contributed by atoms with Crippen molar-refractivity contribution >= 4 is 23.5 Å². The summed E-state index contributed by atoms with van der Waals surface area (Å²) < 4.78 is 0. The highest BCUT2D eigenvalue weighted by molar-refractivity contribution is 6.30. The van der Waals surface area contributed by atoms with Crippen LogP contribution in [0.4, 0.5) is 0 Å². The number of carbonyl (C=O) groups excluding carboxylic acids is 1. The minimum Gasteiger partial charge on any atom is -0.481 e. The first-order chi connectivity index (χ1) is 8.49. The van der Waals surface area contributed by atoms with Crippen LogP contribution in [0.25, 0.3) is 0 Å². The summed E-state index contributed by atoms with van der Waals surface area (Å²) >= 11 is 5.81. The normalized spacial score (nSPS) is 21.1. The maximum atomic E-state index is 11.8. The number of hydrogen-bond acceptors (Lipinski definition) is 2. The standard InChI is InChI=1S/C13H14ClNO3/c1-8(9-2-4-11(14)5-3-9)15-7-10(13(17)18)6-12(15)16/h2-5,8,10H,6-7H2,1H3,(H,17,18)/t8-,10-/m1/s1. The van der Waals surface area contributed by atoms with Crippen molar-refractivity contribution in [3.05, 3.63) is 34.9 Å². The van der Waals surface area contributed by atoms with Crippen molar-refractivity contribution in [2.45, 2.75) is 19.4 Å². The molecule has 1 saturated heterocycles. The van der Waals surface area contributed by atoms with Gasteiger partial charge in [-0.3, -0.25) is 9.59 Å². The summed E-state index contributed by atoms with van der Waals surface area (Å²) in [5.41, 5.74) is 0.957. The van der Waals surface area contributed by atoms with Crippen LogP contribution in [0.3, 0.4) is 0 Å². The number of aliphatic carboxylic acids is 1. The molecule has 5 heteroatoms. The second-order valence-corrected chi connectivity index (χ2v) is 4.95. The molecule has 0 unspecified atom stereocenters. The van der Waals surface area contributed by atoms with Gasteiger partial charge in [0.2, 0.25) is 5.91 Å². The highest BCUT2D eigenvalue weighted by Crippen LogP contribution is 2.29. The Morgan fingerprint density at radius 1 is 1.44 bits per heavy atom. The Morgan fingerprint density at radius 2 is 2.06 bits per heavy atom. The molecule has 1 aliphatic rings. The van der Waals surface area contributed by atoms with Gasteiger partial charge in [0.25, 0.3) is 0 Å². The Balaban J connectivity index is 2.14. The molecule has 1 N–H and O–H groups in total. The zero-order valence-electron chi connectivity index (χ0n) is 9.97. The molecule has 2 atom stereocenters. The highest BCUT2D eigenvalue weighted by atomic mass is 35.5. The van der Waals surface area contributed by atoms with Gasteiger partial charge in [-0.25, -0.2) is 0 Å². The summed E-state index contributed by atoms with van der Waals surface area (Å²) in [6, 6.07) is 7.12. The molecule has 0 radical (unpaired) electrons. The molecular weight excluding hydrogens is 254 g/mol. The molecule has 1 aliphatic heterocycles. The summed E-state index contributed by atoms with van der Waals surface area (Å²) in [6.45, 7) is 2.17. The van der Waals surface area contributed by atoms with E-state index in [0.717, 1.165) is 5.56 Å². The molecule has 1 heterocycles. The van der Waals surface area contributed by atoms with Crippen LogP contribution in [0.1, 0.15) is 24.9 Å². The van der Waals surface area contributed by atoms with E-state index in [1.807, 2.05) is 19.1 Å². The predicted octanol–water partition coefficient (Wildman–Crippen LogP) is 2.33. The first kappa shape index (κ1) is 12.9. The molecule has 0 aromatic heterocycles. The lowest BCUT2D eigenvalue weighted by Gasteiger charge is -2.25. The van der Waals surface area contributed by atoms with E-state index in [9.17, 15) is 9.59 Å². The lowest BCUT2D eigenvalue weighted by Crippen LogP contribution is -2.29. The topological polar surface area (TPSA) is 57.6 Å². The second-order valence-electron chi connectivity index (χ2n) is 4.51. The fraction of sp³-hybridized carbons (Fsp3) is 0.385. The van der Waals surface area contributed by atoms with Crippen molar-refractivity contribution in [2.24, 2.45) is 5.92 Å². The Labute approximate surface area is 110 Å². The number of carboxylic acid groups (broad SMARTS) is 1. The number of halogens is 1. The lowest BCUT2D eigenvalue weighted by molar-refractivity contribution is -0.141. The molecule has 0 aliphatic carbocycles. The highest BCUT2D eigenvalue weighted by Gasteiger charge is 2.36. The van der Waals surface area contributed by atoms with E-state index in [1.165, 1.54) is 0 Å². The van der Waals surface area contributed by atoms with Crippen LogP contribution in [-0.2, 0) is 9.59 Å². The van der Waals surface area contributed by atoms with E-state index in [4.69, 9.17) is 16.7 Å². The maximum Gasteiger partial charge on any atom is 0.308 e. The van der Waals surface area contributed by atoms with E-state index in [-0.39, 0.29) is 24.9 Å². The van der Waals surface area contributed by atoms with Gasteiger partial charge in [-0.1, -0.05) is 23.7 Å². The van der Waals surface area contributed by atoms with Crippen LogP contribution in [0.15, 0.2) is 24.3 Å². The Hall–Kier alpha value is -1.55. The molecule has 2 rings (SSSR count). The monoisotopic (exact) mass is 267 g/mol. The van der Waals surface area contributed by atoms with Crippen LogP contribution in [-0.4, -0.2) is 28.4 Å². The average Bonchev–Trinajstić information content (AvgIpc) is 2.71. The fourth-order valence-electron chi connectivity index (χ4n) is 2.19. The number of rotatable bonds is 3. The zero-order chi connectivity index (χ0) is 13.3.